The highest BCUT2D eigenvalue weighted by atomic mass is 16.3. The molecule has 0 amide bonds. The van der Waals surface area contributed by atoms with Gasteiger partial charge in [-0.3, -0.25) is 4.90 Å². The second-order valence-corrected chi connectivity index (χ2v) is 5.34. The summed E-state index contributed by atoms with van der Waals surface area (Å²) >= 11 is 0. The first kappa shape index (κ1) is 12.4. The van der Waals surface area contributed by atoms with Crippen molar-refractivity contribution in [3.8, 4) is 0 Å². The van der Waals surface area contributed by atoms with Gasteiger partial charge in [-0.25, -0.2) is 4.98 Å². The lowest BCUT2D eigenvalue weighted by molar-refractivity contribution is 0.0444. The van der Waals surface area contributed by atoms with Gasteiger partial charge < -0.3 is 10.1 Å². The van der Waals surface area contributed by atoms with Crippen LogP contribution >= 0.6 is 0 Å². The molecule has 1 saturated heterocycles. The normalized spacial score (nSPS) is 23.9. The Hall–Kier alpha value is -1.65. The molecule has 1 atom stereocenters. The van der Waals surface area contributed by atoms with Crippen LogP contribution in [-0.2, 0) is 12.1 Å². The fraction of sp³-hybridized carbons (Fsp3) is 0.400. The minimum atomic E-state index is -0.724. The molecule has 2 heterocycles. The van der Waals surface area contributed by atoms with Gasteiger partial charge in [0.25, 0.3) is 0 Å². The summed E-state index contributed by atoms with van der Waals surface area (Å²) in [6.07, 6.45) is 4.37. The van der Waals surface area contributed by atoms with Crippen molar-refractivity contribution in [2.75, 3.05) is 13.1 Å². The molecule has 2 aromatic rings. The summed E-state index contributed by atoms with van der Waals surface area (Å²) in [5.41, 5.74) is 1.49. The van der Waals surface area contributed by atoms with E-state index in [1.807, 2.05) is 24.4 Å². The lowest BCUT2D eigenvalue weighted by atomic mass is 9.89. The van der Waals surface area contributed by atoms with Gasteiger partial charge in [0.1, 0.15) is 11.4 Å². The van der Waals surface area contributed by atoms with Crippen molar-refractivity contribution in [2.45, 2.75) is 25.5 Å². The van der Waals surface area contributed by atoms with Crippen molar-refractivity contribution < 1.29 is 5.11 Å². The predicted octanol–water partition coefficient (Wildman–Crippen LogP) is 1.81. The van der Waals surface area contributed by atoms with Crippen molar-refractivity contribution in [3.05, 3.63) is 53.6 Å². The Bertz CT molecular complexity index is 552. The van der Waals surface area contributed by atoms with Gasteiger partial charge >= 0.3 is 0 Å². The van der Waals surface area contributed by atoms with E-state index >= 15 is 0 Å². The average molecular weight is 257 g/mol. The van der Waals surface area contributed by atoms with Gasteiger partial charge in [0.15, 0.2) is 0 Å². The Morgan fingerprint density at radius 2 is 2.26 bits per heavy atom. The third-order valence-corrected chi connectivity index (χ3v) is 3.90. The highest BCUT2D eigenvalue weighted by Gasteiger charge is 2.38. The van der Waals surface area contributed by atoms with Crippen LogP contribution in [0.3, 0.4) is 0 Å². The van der Waals surface area contributed by atoms with E-state index in [0.29, 0.717) is 6.54 Å². The number of β-amino-alcohol motifs (C(OH)–C–C–N with tert-alkyl or cyclic N) is 1. The first-order chi connectivity index (χ1) is 9.17. The molecule has 1 aromatic carbocycles. The average Bonchev–Trinajstić information content (AvgIpc) is 3.01. The smallest absolute Gasteiger partial charge is 0.120 e. The van der Waals surface area contributed by atoms with Crippen LogP contribution in [0.4, 0.5) is 0 Å². The molecule has 1 fully saturated rings. The molecular formula is C15H19N3O. The van der Waals surface area contributed by atoms with Gasteiger partial charge in [0, 0.05) is 25.5 Å². The Labute approximate surface area is 113 Å². The molecule has 0 saturated carbocycles. The van der Waals surface area contributed by atoms with Crippen LogP contribution in [0.5, 0.6) is 0 Å². The van der Waals surface area contributed by atoms with Gasteiger partial charge in [-0.1, -0.05) is 24.3 Å². The summed E-state index contributed by atoms with van der Waals surface area (Å²) in [5.74, 6) is 0.953. The van der Waals surface area contributed by atoms with Crippen LogP contribution in [0.15, 0.2) is 36.7 Å². The van der Waals surface area contributed by atoms with Gasteiger partial charge in [-0.15, -0.1) is 0 Å². The van der Waals surface area contributed by atoms with E-state index in [1.165, 1.54) is 0 Å². The number of nitrogens with one attached hydrogen (secondary N) is 1. The SMILES string of the molecule is Cc1ccccc1C1(O)CCN(Cc2ncc[nH]2)C1. The number of likely N-dealkylation sites (tertiary alicyclic amines) is 1. The molecule has 1 aliphatic rings. The summed E-state index contributed by atoms with van der Waals surface area (Å²) in [4.78, 5) is 9.59. The largest absolute Gasteiger partial charge is 0.384 e. The van der Waals surface area contributed by atoms with Crippen LogP contribution in [0.1, 0.15) is 23.4 Å². The molecule has 4 heteroatoms. The summed E-state index contributed by atoms with van der Waals surface area (Å²) in [6, 6.07) is 8.10. The zero-order chi connectivity index (χ0) is 13.3. The van der Waals surface area contributed by atoms with Crippen molar-refractivity contribution >= 4 is 0 Å². The maximum atomic E-state index is 10.9. The van der Waals surface area contributed by atoms with E-state index in [9.17, 15) is 5.11 Å². The number of hydrogen-bond acceptors (Lipinski definition) is 3. The zero-order valence-electron chi connectivity index (χ0n) is 11.1. The number of nitrogens with zero attached hydrogens (tertiary/aromatic N) is 2. The van der Waals surface area contributed by atoms with E-state index < -0.39 is 5.60 Å². The molecule has 2 N–H and O–H groups in total. The fourth-order valence-corrected chi connectivity index (χ4v) is 2.92. The van der Waals surface area contributed by atoms with Gasteiger partial charge in [0.2, 0.25) is 0 Å². The van der Waals surface area contributed by atoms with E-state index in [4.69, 9.17) is 0 Å². The minimum absolute atomic E-state index is 0.665. The first-order valence-electron chi connectivity index (χ1n) is 6.66. The van der Waals surface area contributed by atoms with Gasteiger partial charge in [-0.2, -0.15) is 0 Å². The number of imidazole rings is 1. The lowest BCUT2D eigenvalue weighted by Gasteiger charge is -2.25. The first-order valence-corrected chi connectivity index (χ1v) is 6.66. The summed E-state index contributed by atoms with van der Waals surface area (Å²) in [7, 11) is 0. The van der Waals surface area contributed by atoms with Crippen molar-refractivity contribution in [2.24, 2.45) is 0 Å². The third-order valence-electron chi connectivity index (χ3n) is 3.90. The second kappa shape index (κ2) is 4.79. The van der Waals surface area contributed by atoms with Gasteiger partial charge in [-0.05, 0) is 24.5 Å². The molecule has 100 valence electrons. The molecule has 3 rings (SSSR count). The molecule has 0 spiro atoms. The van der Waals surface area contributed by atoms with Crippen LogP contribution in [0.2, 0.25) is 0 Å². The zero-order valence-corrected chi connectivity index (χ0v) is 11.1. The number of H-pyrrole nitrogens is 1. The fourth-order valence-electron chi connectivity index (χ4n) is 2.92. The number of aromatic amines is 1. The number of rotatable bonds is 3. The van der Waals surface area contributed by atoms with Crippen LogP contribution in [0, 0.1) is 6.92 Å². The Kier molecular flexibility index (Phi) is 3.12. The number of aryl methyl sites for hydroxylation is 1. The monoisotopic (exact) mass is 257 g/mol. The number of hydrogen-bond donors (Lipinski definition) is 2. The van der Waals surface area contributed by atoms with E-state index in [0.717, 1.165) is 36.5 Å². The molecule has 0 aliphatic carbocycles. The maximum absolute atomic E-state index is 10.9. The quantitative estimate of drug-likeness (QED) is 0.881. The molecular weight excluding hydrogens is 238 g/mol. The topological polar surface area (TPSA) is 52.1 Å². The Morgan fingerprint density at radius 1 is 1.42 bits per heavy atom. The second-order valence-electron chi connectivity index (χ2n) is 5.34. The molecule has 1 aromatic heterocycles. The van der Waals surface area contributed by atoms with Gasteiger partial charge in [0.05, 0.1) is 6.54 Å². The highest BCUT2D eigenvalue weighted by molar-refractivity contribution is 5.32. The summed E-state index contributed by atoms with van der Waals surface area (Å²) in [5, 5.41) is 10.9. The maximum Gasteiger partial charge on any atom is 0.120 e. The number of benzene rings is 1. The highest BCUT2D eigenvalue weighted by Crippen LogP contribution is 2.34. The van der Waals surface area contributed by atoms with Crippen molar-refractivity contribution in [1.29, 1.82) is 0 Å². The predicted molar refractivity (Wildman–Crippen MR) is 73.6 cm³/mol. The molecule has 1 aliphatic heterocycles. The molecule has 1 unspecified atom stereocenters. The van der Waals surface area contributed by atoms with Crippen LogP contribution in [0.25, 0.3) is 0 Å². The van der Waals surface area contributed by atoms with Crippen molar-refractivity contribution in [1.82, 2.24) is 14.9 Å². The van der Waals surface area contributed by atoms with Crippen molar-refractivity contribution in [3.63, 3.8) is 0 Å². The number of aliphatic hydroxyl groups is 1. The van der Waals surface area contributed by atoms with E-state index in [2.05, 4.69) is 27.9 Å². The number of aromatic nitrogens is 2. The molecule has 0 radical (unpaired) electrons. The standard InChI is InChI=1S/C15H19N3O/c1-12-4-2-3-5-13(12)15(19)6-9-18(11-15)10-14-16-7-8-17-14/h2-5,7-8,19H,6,9-11H2,1H3,(H,16,17). The van der Waals surface area contributed by atoms with E-state index in [-0.39, 0.29) is 0 Å². The molecule has 4 nitrogen and oxygen atoms in total. The van der Waals surface area contributed by atoms with E-state index in [1.54, 1.807) is 6.20 Å². The summed E-state index contributed by atoms with van der Waals surface area (Å²) < 4.78 is 0. The minimum Gasteiger partial charge on any atom is -0.384 e. The Balaban J connectivity index is 1.75. The van der Waals surface area contributed by atoms with Crippen LogP contribution < -0.4 is 0 Å². The van der Waals surface area contributed by atoms with Crippen LogP contribution in [-0.4, -0.2) is 33.1 Å². The molecule has 0 bridgehead atoms. The summed E-state index contributed by atoms with van der Waals surface area (Å²) in [6.45, 7) is 4.38. The lowest BCUT2D eigenvalue weighted by Crippen LogP contribution is -2.31. The molecule has 19 heavy (non-hydrogen) atoms. The Morgan fingerprint density at radius 3 is 3.00 bits per heavy atom. The third kappa shape index (κ3) is 2.41.